The highest BCUT2D eigenvalue weighted by Gasteiger charge is 2.39. The SMILES string of the molecule is O=C(Cn1nc(C(F)(F)F)c2c1CCCCC2)Nc1nn(Cc2ccc(Cl)cc2Cl)cc1Br. The van der Waals surface area contributed by atoms with Crippen LogP contribution >= 0.6 is 39.1 Å². The molecule has 1 N–H and O–H groups in total. The number of nitrogens with zero attached hydrogens (tertiary/aromatic N) is 4. The van der Waals surface area contributed by atoms with Gasteiger partial charge in [0.25, 0.3) is 0 Å². The Labute approximate surface area is 206 Å². The standard InChI is InChI=1S/C21H19BrCl2F3N5O/c22-15-10-31(9-12-6-7-13(23)8-16(12)24)30-20(15)28-18(33)11-32-17-5-3-1-2-4-14(17)19(29-32)21(25,26)27/h6-8,10H,1-5,9,11H2,(H,28,30,33). The summed E-state index contributed by atoms with van der Waals surface area (Å²) in [6.45, 7) is 0.00675. The van der Waals surface area contributed by atoms with Gasteiger partial charge in [-0.25, -0.2) is 0 Å². The first-order valence-corrected chi connectivity index (χ1v) is 11.8. The molecule has 0 fully saturated rings. The van der Waals surface area contributed by atoms with Crippen LogP contribution in [-0.4, -0.2) is 25.5 Å². The number of nitrogens with one attached hydrogen (secondary N) is 1. The fourth-order valence-corrected chi connectivity index (χ4v) is 4.78. The van der Waals surface area contributed by atoms with Crippen molar-refractivity contribution in [1.82, 2.24) is 19.6 Å². The molecule has 0 saturated carbocycles. The van der Waals surface area contributed by atoms with Gasteiger partial charge in [0.2, 0.25) is 5.91 Å². The average molecular weight is 565 g/mol. The third-order valence-electron chi connectivity index (χ3n) is 5.39. The maximum atomic E-state index is 13.5. The molecule has 12 heteroatoms. The van der Waals surface area contributed by atoms with Crippen molar-refractivity contribution in [3.8, 4) is 0 Å². The zero-order valence-electron chi connectivity index (χ0n) is 17.2. The van der Waals surface area contributed by atoms with Crippen LogP contribution in [0.1, 0.15) is 41.8 Å². The summed E-state index contributed by atoms with van der Waals surface area (Å²) in [5.74, 6) is -0.270. The van der Waals surface area contributed by atoms with Crippen molar-refractivity contribution < 1.29 is 18.0 Å². The van der Waals surface area contributed by atoms with Gasteiger partial charge in [0.15, 0.2) is 11.5 Å². The van der Waals surface area contributed by atoms with Crippen LogP contribution in [0.2, 0.25) is 10.0 Å². The molecule has 33 heavy (non-hydrogen) atoms. The highest BCUT2D eigenvalue weighted by molar-refractivity contribution is 9.10. The summed E-state index contributed by atoms with van der Waals surface area (Å²) < 4.78 is 43.7. The minimum absolute atomic E-state index is 0.207. The number of anilines is 1. The molecule has 2 heterocycles. The molecule has 3 aromatic rings. The fraction of sp³-hybridized carbons (Fsp3) is 0.381. The Balaban J connectivity index is 1.50. The van der Waals surface area contributed by atoms with Crippen LogP contribution in [0.5, 0.6) is 0 Å². The average Bonchev–Trinajstić information content (AvgIpc) is 3.12. The van der Waals surface area contributed by atoms with Gasteiger partial charge < -0.3 is 5.32 Å². The Morgan fingerprint density at radius 2 is 1.91 bits per heavy atom. The number of fused-ring (bicyclic) bond motifs is 1. The molecule has 0 spiro atoms. The van der Waals surface area contributed by atoms with Crippen molar-refractivity contribution in [3.05, 3.63) is 61.4 Å². The lowest BCUT2D eigenvalue weighted by Crippen LogP contribution is -2.22. The van der Waals surface area contributed by atoms with E-state index >= 15 is 0 Å². The summed E-state index contributed by atoms with van der Waals surface area (Å²) in [6, 6.07) is 5.12. The van der Waals surface area contributed by atoms with Gasteiger partial charge in [-0.3, -0.25) is 14.2 Å². The van der Waals surface area contributed by atoms with Gasteiger partial charge in [-0.15, -0.1) is 0 Å². The van der Waals surface area contributed by atoms with Crippen molar-refractivity contribution in [1.29, 1.82) is 0 Å². The van der Waals surface area contributed by atoms with Gasteiger partial charge in [0.1, 0.15) is 6.54 Å². The number of alkyl halides is 3. The smallest absolute Gasteiger partial charge is 0.307 e. The predicted molar refractivity (Wildman–Crippen MR) is 123 cm³/mol. The van der Waals surface area contributed by atoms with Crippen LogP contribution in [0.3, 0.4) is 0 Å². The van der Waals surface area contributed by atoms with E-state index in [1.807, 2.05) is 0 Å². The van der Waals surface area contributed by atoms with Crippen LogP contribution in [0.15, 0.2) is 28.9 Å². The Morgan fingerprint density at radius 3 is 2.64 bits per heavy atom. The number of benzene rings is 1. The molecule has 1 aliphatic rings. The van der Waals surface area contributed by atoms with Crippen LogP contribution in [-0.2, 0) is 36.9 Å². The zero-order chi connectivity index (χ0) is 23.8. The van der Waals surface area contributed by atoms with Crippen molar-refractivity contribution >= 4 is 50.9 Å². The van der Waals surface area contributed by atoms with Crippen molar-refractivity contribution in [2.45, 2.75) is 51.4 Å². The Kier molecular flexibility index (Phi) is 7.07. The zero-order valence-corrected chi connectivity index (χ0v) is 20.3. The summed E-state index contributed by atoms with van der Waals surface area (Å²) in [6.07, 6.45) is 0.182. The van der Waals surface area contributed by atoms with E-state index < -0.39 is 17.8 Å². The molecule has 1 amide bonds. The van der Waals surface area contributed by atoms with E-state index in [0.717, 1.165) is 18.4 Å². The summed E-state index contributed by atoms with van der Waals surface area (Å²) in [5.41, 5.74) is 0.584. The first kappa shape index (κ1) is 24.1. The third kappa shape index (κ3) is 5.55. The van der Waals surface area contributed by atoms with Crippen molar-refractivity contribution in [2.24, 2.45) is 0 Å². The minimum Gasteiger partial charge on any atom is -0.307 e. The second kappa shape index (κ2) is 9.68. The number of carbonyl (C=O) groups excluding carboxylic acids is 1. The summed E-state index contributed by atoms with van der Waals surface area (Å²) >= 11 is 15.5. The minimum atomic E-state index is -4.55. The number of carbonyl (C=O) groups is 1. The number of hydrogen-bond acceptors (Lipinski definition) is 3. The van der Waals surface area contributed by atoms with Crippen LogP contribution in [0, 0.1) is 0 Å². The summed E-state index contributed by atoms with van der Waals surface area (Å²) in [4.78, 5) is 12.7. The molecule has 4 rings (SSSR count). The molecule has 0 saturated heterocycles. The lowest BCUT2D eigenvalue weighted by atomic mass is 10.1. The number of aromatic nitrogens is 4. The van der Waals surface area contributed by atoms with Crippen molar-refractivity contribution in [2.75, 3.05) is 5.32 Å². The number of amides is 1. The fourth-order valence-electron chi connectivity index (χ4n) is 3.90. The third-order valence-corrected chi connectivity index (χ3v) is 6.56. The van der Waals surface area contributed by atoms with E-state index in [1.165, 1.54) is 4.68 Å². The maximum absolute atomic E-state index is 13.5. The van der Waals surface area contributed by atoms with E-state index in [1.54, 1.807) is 29.1 Å². The largest absolute Gasteiger partial charge is 0.435 e. The van der Waals surface area contributed by atoms with Crippen LogP contribution < -0.4 is 5.32 Å². The molecule has 0 bridgehead atoms. The lowest BCUT2D eigenvalue weighted by Gasteiger charge is -2.08. The molecule has 6 nitrogen and oxygen atoms in total. The van der Waals surface area contributed by atoms with Gasteiger partial charge in [-0.05, 0) is 59.3 Å². The first-order valence-electron chi connectivity index (χ1n) is 10.2. The molecule has 2 aromatic heterocycles. The van der Waals surface area contributed by atoms with Crippen LogP contribution in [0.4, 0.5) is 19.0 Å². The second-order valence-electron chi connectivity index (χ2n) is 7.80. The highest BCUT2D eigenvalue weighted by Crippen LogP contribution is 2.35. The summed E-state index contributed by atoms with van der Waals surface area (Å²) in [5, 5.41) is 11.7. The van der Waals surface area contributed by atoms with Crippen molar-refractivity contribution in [3.63, 3.8) is 0 Å². The molecule has 176 valence electrons. The molecular weight excluding hydrogens is 546 g/mol. The van der Waals surface area contributed by atoms with Gasteiger partial charge in [0.05, 0.1) is 11.0 Å². The Bertz CT molecular complexity index is 1190. The Morgan fingerprint density at radius 1 is 1.15 bits per heavy atom. The van der Waals surface area contributed by atoms with Crippen LogP contribution in [0.25, 0.3) is 0 Å². The maximum Gasteiger partial charge on any atom is 0.435 e. The Hall–Kier alpha value is -2.04. The molecule has 0 aliphatic heterocycles. The summed E-state index contributed by atoms with van der Waals surface area (Å²) in [7, 11) is 0. The highest BCUT2D eigenvalue weighted by atomic mass is 79.9. The molecule has 1 aromatic carbocycles. The van der Waals surface area contributed by atoms with Gasteiger partial charge in [0, 0.05) is 27.5 Å². The van der Waals surface area contributed by atoms with Gasteiger partial charge in [-0.1, -0.05) is 35.7 Å². The van der Waals surface area contributed by atoms with E-state index in [-0.39, 0.29) is 17.9 Å². The molecule has 0 unspecified atom stereocenters. The molecule has 1 aliphatic carbocycles. The van der Waals surface area contributed by atoms with E-state index in [2.05, 4.69) is 31.4 Å². The number of halogens is 6. The number of rotatable bonds is 5. The van der Waals surface area contributed by atoms with E-state index in [4.69, 9.17) is 23.2 Å². The normalized spacial score (nSPS) is 14.1. The van der Waals surface area contributed by atoms with Gasteiger partial charge >= 0.3 is 6.18 Å². The van der Waals surface area contributed by atoms with E-state index in [9.17, 15) is 18.0 Å². The topological polar surface area (TPSA) is 64.7 Å². The molecule has 0 atom stereocenters. The van der Waals surface area contributed by atoms with E-state index in [0.29, 0.717) is 46.0 Å². The molecule has 0 radical (unpaired) electrons. The predicted octanol–water partition coefficient (Wildman–Crippen LogP) is 6.12. The monoisotopic (exact) mass is 563 g/mol. The lowest BCUT2D eigenvalue weighted by molar-refractivity contribution is -0.142. The molecular formula is C21H19BrCl2F3N5O. The quantitative estimate of drug-likeness (QED) is 0.379. The second-order valence-corrected chi connectivity index (χ2v) is 9.50. The number of hydrogen-bond donors (Lipinski definition) is 1. The first-order chi connectivity index (χ1) is 15.6. The van der Waals surface area contributed by atoms with Gasteiger partial charge in [-0.2, -0.15) is 23.4 Å².